The molecular weight excluding hydrogens is 312 g/mol. The smallest absolute Gasteiger partial charge is 0.178 e. The number of fused-ring (bicyclic) bond motifs is 1. The molecule has 0 atom stereocenters. The van der Waals surface area contributed by atoms with Gasteiger partial charge in [-0.1, -0.05) is 24.3 Å². The summed E-state index contributed by atoms with van der Waals surface area (Å²) in [4.78, 5) is 20.6. The average Bonchev–Trinajstić information content (AvgIpc) is 3.05. The van der Waals surface area contributed by atoms with Gasteiger partial charge >= 0.3 is 0 Å². The van der Waals surface area contributed by atoms with Gasteiger partial charge in [0.25, 0.3) is 0 Å². The van der Waals surface area contributed by atoms with Gasteiger partial charge in [-0.3, -0.25) is 4.79 Å². The summed E-state index contributed by atoms with van der Waals surface area (Å²) in [6, 6.07) is 17.4. The van der Waals surface area contributed by atoms with Gasteiger partial charge in [-0.15, -0.1) is 0 Å². The standard InChI is InChI=1S/C20H16N4O/c1-13-5-3-8-20(22-13)24-19-11-15(9-10-16(19)12-21-24)18-7-4-6-17(23-18)14(2)25/h3-12H,1-2H3. The van der Waals surface area contributed by atoms with Crippen LogP contribution in [0, 0.1) is 6.92 Å². The Morgan fingerprint density at radius 2 is 1.84 bits per heavy atom. The van der Waals surface area contributed by atoms with Crippen LogP contribution in [0.15, 0.2) is 60.8 Å². The number of benzene rings is 1. The number of Topliss-reactive ketones (excluding diaryl/α,β-unsaturated/α-hetero) is 1. The van der Waals surface area contributed by atoms with Crippen LogP contribution >= 0.6 is 0 Å². The summed E-state index contributed by atoms with van der Waals surface area (Å²) < 4.78 is 1.82. The van der Waals surface area contributed by atoms with Crippen molar-refractivity contribution >= 4 is 16.7 Å². The lowest BCUT2D eigenvalue weighted by atomic mass is 10.1. The highest BCUT2D eigenvalue weighted by Crippen LogP contribution is 2.25. The lowest BCUT2D eigenvalue weighted by Gasteiger charge is -2.06. The first-order chi connectivity index (χ1) is 12.1. The lowest BCUT2D eigenvalue weighted by molar-refractivity contribution is 0.101. The number of carbonyl (C=O) groups excluding carboxylic acids is 1. The zero-order valence-electron chi connectivity index (χ0n) is 14.0. The maximum absolute atomic E-state index is 11.6. The van der Waals surface area contributed by atoms with Crippen molar-refractivity contribution < 1.29 is 4.79 Å². The van der Waals surface area contributed by atoms with Gasteiger partial charge in [0.05, 0.1) is 17.4 Å². The minimum absolute atomic E-state index is 0.0445. The highest BCUT2D eigenvalue weighted by Gasteiger charge is 2.10. The van der Waals surface area contributed by atoms with Crippen molar-refractivity contribution in [1.82, 2.24) is 19.7 Å². The van der Waals surface area contributed by atoms with E-state index < -0.39 is 0 Å². The Morgan fingerprint density at radius 3 is 2.64 bits per heavy atom. The molecule has 0 aliphatic carbocycles. The highest BCUT2D eigenvalue weighted by molar-refractivity contribution is 5.93. The van der Waals surface area contributed by atoms with E-state index in [1.165, 1.54) is 6.92 Å². The van der Waals surface area contributed by atoms with E-state index >= 15 is 0 Å². The van der Waals surface area contributed by atoms with Crippen molar-refractivity contribution in [2.24, 2.45) is 0 Å². The average molecular weight is 328 g/mol. The van der Waals surface area contributed by atoms with Crippen molar-refractivity contribution in [3.63, 3.8) is 0 Å². The number of hydrogen-bond acceptors (Lipinski definition) is 4. The third-order valence-corrected chi connectivity index (χ3v) is 4.07. The van der Waals surface area contributed by atoms with Gasteiger partial charge in [0.2, 0.25) is 0 Å². The molecule has 122 valence electrons. The maximum atomic E-state index is 11.6. The second-order valence-electron chi connectivity index (χ2n) is 5.93. The zero-order valence-corrected chi connectivity index (χ0v) is 14.0. The van der Waals surface area contributed by atoms with Crippen LogP contribution in [0.2, 0.25) is 0 Å². The monoisotopic (exact) mass is 328 g/mol. The summed E-state index contributed by atoms with van der Waals surface area (Å²) >= 11 is 0. The molecule has 4 rings (SSSR count). The van der Waals surface area contributed by atoms with Crippen LogP contribution in [0.1, 0.15) is 23.1 Å². The predicted octanol–water partition coefficient (Wildman–Crippen LogP) is 3.99. The molecule has 0 amide bonds. The lowest BCUT2D eigenvalue weighted by Crippen LogP contribution is -2.00. The molecule has 0 radical (unpaired) electrons. The second-order valence-corrected chi connectivity index (χ2v) is 5.93. The zero-order chi connectivity index (χ0) is 17.4. The van der Waals surface area contributed by atoms with Crippen LogP contribution in [-0.4, -0.2) is 25.5 Å². The molecule has 5 heteroatoms. The largest absolute Gasteiger partial charge is 0.293 e. The van der Waals surface area contributed by atoms with Crippen LogP contribution in [0.5, 0.6) is 0 Å². The summed E-state index contributed by atoms with van der Waals surface area (Å²) in [6.07, 6.45) is 1.82. The van der Waals surface area contributed by atoms with E-state index in [1.54, 1.807) is 6.07 Å². The van der Waals surface area contributed by atoms with Gasteiger partial charge < -0.3 is 0 Å². The van der Waals surface area contributed by atoms with Gasteiger partial charge in [0, 0.05) is 23.6 Å². The molecule has 25 heavy (non-hydrogen) atoms. The number of ketones is 1. The van der Waals surface area contributed by atoms with Crippen molar-refractivity contribution in [2.75, 3.05) is 0 Å². The van der Waals surface area contributed by atoms with Crippen molar-refractivity contribution in [3.05, 3.63) is 72.2 Å². The molecule has 0 spiro atoms. The molecule has 0 bridgehead atoms. The van der Waals surface area contributed by atoms with Gasteiger partial charge in [-0.2, -0.15) is 5.10 Å². The molecule has 0 aliphatic rings. The van der Waals surface area contributed by atoms with Crippen molar-refractivity contribution in [1.29, 1.82) is 0 Å². The predicted molar refractivity (Wildman–Crippen MR) is 96.8 cm³/mol. The molecule has 4 aromatic rings. The molecular formula is C20H16N4O. The Bertz CT molecular complexity index is 1100. The Morgan fingerprint density at radius 1 is 1.00 bits per heavy atom. The van der Waals surface area contributed by atoms with E-state index in [1.807, 2.05) is 66.3 Å². The van der Waals surface area contributed by atoms with Crippen molar-refractivity contribution in [3.8, 4) is 17.1 Å². The Labute approximate surface area is 145 Å². The fraction of sp³-hybridized carbons (Fsp3) is 0.100. The summed E-state index contributed by atoms with van der Waals surface area (Å²) in [5, 5.41) is 5.49. The first kappa shape index (κ1) is 15.2. The normalized spacial score (nSPS) is 11.0. The minimum Gasteiger partial charge on any atom is -0.293 e. The third-order valence-electron chi connectivity index (χ3n) is 4.07. The maximum Gasteiger partial charge on any atom is 0.178 e. The molecule has 3 aromatic heterocycles. The first-order valence-corrected chi connectivity index (χ1v) is 8.02. The number of hydrogen-bond donors (Lipinski definition) is 0. The number of aromatic nitrogens is 4. The Kier molecular flexibility index (Phi) is 3.61. The third kappa shape index (κ3) is 2.80. The van der Waals surface area contributed by atoms with Crippen LogP contribution in [0.3, 0.4) is 0 Å². The summed E-state index contributed by atoms with van der Waals surface area (Å²) in [7, 11) is 0. The SMILES string of the molecule is CC(=O)c1cccc(-c2ccc3cnn(-c4cccc(C)n4)c3c2)n1. The van der Waals surface area contributed by atoms with Gasteiger partial charge in [-0.25, -0.2) is 14.6 Å². The fourth-order valence-electron chi connectivity index (χ4n) is 2.80. The number of rotatable bonds is 3. The number of nitrogens with zero attached hydrogens (tertiary/aromatic N) is 4. The van der Waals surface area contributed by atoms with Crippen molar-refractivity contribution in [2.45, 2.75) is 13.8 Å². The molecule has 0 fully saturated rings. The molecule has 0 saturated heterocycles. The van der Waals surface area contributed by atoms with E-state index in [2.05, 4.69) is 15.1 Å². The number of aryl methyl sites for hydroxylation is 1. The van der Waals surface area contributed by atoms with Gasteiger partial charge in [0.15, 0.2) is 11.6 Å². The van der Waals surface area contributed by atoms with E-state index in [-0.39, 0.29) is 5.78 Å². The fourth-order valence-corrected chi connectivity index (χ4v) is 2.80. The minimum atomic E-state index is -0.0445. The van der Waals surface area contributed by atoms with Crippen LogP contribution in [0.25, 0.3) is 28.0 Å². The Hall–Kier alpha value is -3.34. The quantitative estimate of drug-likeness (QED) is 0.533. The van der Waals surface area contributed by atoms with Crippen LogP contribution < -0.4 is 0 Å². The molecule has 3 heterocycles. The Balaban J connectivity index is 1.86. The molecule has 0 aliphatic heterocycles. The van der Waals surface area contributed by atoms with Gasteiger partial charge in [0.1, 0.15) is 5.69 Å². The molecule has 0 saturated carbocycles. The van der Waals surface area contributed by atoms with Crippen LogP contribution in [-0.2, 0) is 0 Å². The van der Waals surface area contributed by atoms with Crippen LogP contribution in [0.4, 0.5) is 0 Å². The molecule has 5 nitrogen and oxygen atoms in total. The summed E-state index contributed by atoms with van der Waals surface area (Å²) in [5.41, 5.74) is 4.05. The van der Waals surface area contributed by atoms with Gasteiger partial charge in [-0.05, 0) is 37.3 Å². The highest BCUT2D eigenvalue weighted by atomic mass is 16.1. The number of pyridine rings is 2. The molecule has 0 unspecified atom stereocenters. The molecule has 0 N–H and O–H groups in total. The summed E-state index contributed by atoms with van der Waals surface area (Å²) in [5.74, 6) is 0.731. The van der Waals surface area contributed by atoms with E-state index in [0.29, 0.717) is 5.69 Å². The first-order valence-electron chi connectivity index (χ1n) is 8.02. The second kappa shape index (κ2) is 5.94. The van der Waals surface area contributed by atoms with E-state index in [9.17, 15) is 4.79 Å². The summed E-state index contributed by atoms with van der Waals surface area (Å²) in [6.45, 7) is 3.48. The van der Waals surface area contributed by atoms with E-state index in [4.69, 9.17) is 0 Å². The molecule has 1 aromatic carbocycles. The topological polar surface area (TPSA) is 60.7 Å². The number of carbonyl (C=O) groups is 1. The van der Waals surface area contributed by atoms with E-state index in [0.717, 1.165) is 33.7 Å².